The van der Waals surface area contributed by atoms with Crippen LogP contribution < -0.4 is 20.2 Å². The molecule has 2 aromatic heterocycles. The van der Waals surface area contributed by atoms with Gasteiger partial charge in [-0.15, -0.1) is 0 Å². The molecule has 6 rings (SSSR count). The minimum atomic E-state index is -5.63. The molecule has 50 heavy (non-hydrogen) atoms. The van der Waals surface area contributed by atoms with Gasteiger partial charge in [-0.2, -0.15) is 15.1 Å². The number of alkyl halides is 1. The number of nitrogens with two attached hydrogens (primary N) is 1. The van der Waals surface area contributed by atoms with Crippen LogP contribution in [0.1, 0.15) is 18.7 Å². The number of imidazole rings is 1. The van der Waals surface area contributed by atoms with Crippen LogP contribution in [-0.4, -0.2) is 61.6 Å². The fourth-order valence-electron chi connectivity index (χ4n) is 5.10. The number of aliphatic hydroxyl groups is 1. The molecule has 4 N–H and O–H groups in total. The van der Waals surface area contributed by atoms with Crippen LogP contribution in [0.3, 0.4) is 0 Å². The second-order valence-corrected chi connectivity index (χ2v) is 14.6. The van der Waals surface area contributed by atoms with Crippen LogP contribution in [0.15, 0.2) is 79.1 Å². The van der Waals surface area contributed by atoms with Gasteiger partial charge in [-0.3, -0.25) is 13.9 Å². The number of phosphoric ester groups is 1. The zero-order valence-corrected chi connectivity index (χ0v) is 28.5. The van der Waals surface area contributed by atoms with Gasteiger partial charge in [0.15, 0.2) is 23.9 Å². The molecule has 3 unspecified atom stereocenters. The molecule has 0 aliphatic carbocycles. The van der Waals surface area contributed by atoms with Crippen molar-refractivity contribution in [3.63, 3.8) is 0 Å². The van der Waals surface area contributed by atoms with Gasteiger partial charge in [-0.25, -0.2) is 18.3 Å². The Morgan fingerprint density at radius 1 is 1.14 bits per heavy atom. The van der Waals surface area contributed by atoms with Crippen molar-refractivity contribution in [2.75, 3.05) is 12.3 Å². The maximum absolute atomic E-state index is 15.3. The van der Waals surface area contributed by atoms with Crippen LogP contribution in [0.5, 0.6) is 5.75 Å². The number of esters is 1. The van der Waals surface area contributed by atoms with Gasteiger partial charge in [0.05, 0.1) is 12.9 Å². The van der Waals surface area contributed by atoms with Gasteiger partial charge in [0.2, 0.25) is 5.28 Å². The number of aromatic nitrogens is 4. The predicted octanol–water partition coefficient (Wildman–Crippen LogP) is 4.22. The molecule has 5 aromatic rings. The van der Waals surface area contributed by atoms with E-state index in [0.29, 0.717) is 16.3 Å². The van der Waals surface area contributed by atoms with Gasteiger partial charge >= 0.3 is 13.7 Å². The molecule has 1 aliphatic rings. The van der Waals surface area contributed by atoms with Crippen LogP contribution in [0.2, 0.25) is 5.28 Å². The number of aliphatic hydroxyl groups excluding tert-OH is 1. The van der Waals surface area contributed by atoms with E-state index in [1.54, 1.807) is 66.7 Å². The summed E-state index contributed by atoms with van der Waals surface area (Å²) in [6, 6.07) is 18.9. The molecular formula is C30H29ClFN6O10P2-. The lowest BCUT2D eigenvalue weighted by atomic mass is 10.1. The monoisotopic (exact) mass is 749 g/mol. The quantitative estimate of drug-likeness (QED) is 0.0871. The van der Waals surface area contributed by atoms with E-state index in [1.807, 2.05) is 0 Å². The summed E-state index contributed by atoms with van der Waals surface area (Å²) in [7, 11) is -10.7. The Labute approximate surface area is 288 Å². The molecule has 16 nitrogen and oxygen atoms in total. The number of phosphoric acid groups is 1. The van der Waals surface area contributed by atoms with E-state index in [1.165, 1.54) is 13.0 Å². The van der Waals surface area contributed by atoms with E-state index in [2.05, 4.69) is 20.0 Å². The average Bonchev–Trinajstić information content (AvgIpc) is 3.62. The van der Waals surface area contributed by atoms with Crippen molar-refractivity contribution in [3.8, 4) is 5.75 Å². The van der Waals surface area contributed by atoms with Crippen molar-refractivity contribution in [2.24, 2.45) is 0 Å². The van der Waals surface area contributed by atoms with Crippen LogP contribution in [0, 0.1) is 0 Å². The highest BCUT2D eigenvalue weighted by molar-refractivity contribution is 7.63. The average molecular weight is 750 g/mol. The summed E-state index contributed by atoms with van der Waals surface area (Å²) in [6.45, 7) is 0.168. The first-order valence-corrected chi connectivity index (χ1v) is 18.3. The first-order valence-electron chi connectivity index (χ1n) is 14.9. The van der Waals surface area contributed by atoms with Crippen LogP contribution >= 0.6 is 27.2 Å². The maximum atomic E-state index is 15.3. The normalized spacial score (nSPS) is 22.2. The Kier molecular flexibility index (Phi) is 10.5. The number of nitrogens with zero attached hydrogens (tertiary/aromatic N) is 4. The molecule has 3 heterocycles. The van der Waals surface area contributed by atoms with Crippen LogP contribution in [0.25, 0.3) is 21.9 Å². The van der Waals surface area contributed by atoms with Crippen LogP contribution in [-0.2, 0) is 38.8 Å². The Balaban J connectivity index is 1.18. The highest BCUT2D eigenvalue weighted by atomic mass is 35.5. The third-order valence-corrected chi connectivity index (χ3v) is 10.9. The molecule has 3 aromatic carbocycles. The van der Waals surface area contributed by atoms with Gasteiger partial charge in [0, 0.05) is 5.39 Å². The lowest BCUT2D eigenvalue weighted by Crippen LogP contribution is -2.35. The number of halogens is 2. The molecule has 0 radical (unpaired) electrons. The van der Waals surface area contributed by atoms with Crippen molar-refractivity contribution < 1.29 is 51.1 Å². The Morgan fingerprint density at radius 2 is 1.86 bits per heavy atom. The van der Waals surface area contributed by atoms with E-state index in [-0.39, 0.29) is 34.6 Å². The van der Waals surface area contributed by atoms with Gasteiger partial charge in [0.25, 0.3) is 7.82 Å². The molecule has 20 heteroatoms. The summed E-state index contributed by atoms with van der Waals surface area (Å²) in [5.41, 5.74) is 6.56. The molecule has 0 spiro atoms. The summed E-state index contributed by atoms with van der Waals surface area (Å²) >= 11 is 5.88. The number of carbonyl (C=O) groups is 1. The van der Waals surface area contributed by atoms with Crippen molar-refractivity contribution in [1.82, 2.24) is 24.6 Å². The molecule has 0 amide bonds. The van der Waals surface area contributed by atoms with Crippen molar-refractivity contribution >= 4 is 60.9 Å². The fraction of sp³-hybridized carbons (Fsp3) is 0.267. The number of rotatable bonds is 13. The molecular weight excluding hydrogens is 721 g/mol. The topological polar surface area (TPSA) is 222 Å². The second-order valence-electron chi connectivity index (χ2n) is 11.0. The lowest BCUT2D eigenvalue weighted by Gasteiger charge is -2.30. The predicted molar refractivity (Wildman–Crippen MR) is 175 cm³/mol. The van der Waals surface area contributed by atoms with Gasteiger partial charge < -0.3 is 34.3 Å². The second kappa shape index (κ2) is 14.7. The number of nitrogens with one attached hydrogen (secondary N) is 1. The van der Waals surface area contributed by atoms with Crippen molar-refractivity contribution in [3.05, 3.63) is 90.0 Å². The Morgan fingerprint density at radius 3 is 2.64 bits per heavy atom. The largest absolute Gasteiger partial charge is 0.756 e. The fourth-order valence-corrected chi connectivity index (χ4v) is 8.21. The highest BCUT2D eigenvalue weighted by Crippen LogP contribution is 2.59. The zero-order valence-electron chi connectivity index (χ0n) is 25.9. The Hall–Kier alpha value is -4.02. The van der Waals surface area contributed by atoms with Crippen molar-refractivity contribution in [1.29, 1.82) is 0 Å². The van der Waals surface area contributed by atoms with E-state index in [0.717, 1.165) is 10.9 Å². The SMILES string of the molecule is C[C@H](NP(=O)(Oc1cccc2ccccc12)OP(=O)([O-])OC[C@H]1O[C@@H](n2cnc3c(N)nc(Cl)nc32)C(F)[C@H]1O)C(=O)OCc1ccccc1. The van der Waals surface area contributed by atoms with Crippen molar-refractivity contribution in [2.45, 2.75) is 44.2 Å². The summed E-state index contributed by atoms with van der Waals surface area (Å²) in [6.07, 6.45) is -6.01. The number of carbonyl (C=O) groups excluding carboxylic acids is 1. The molecule has 1 saturated heterocycles. The number of benzene rings is 3. The number of fused-ring (bicyclic) bond motifs is 2. The number of anilines is 1. The standard InChI is InChI=1S/C30H30ClFN6O10P2/c1-17(29(40)44-14-18-8-3-2-4-9-18)37-49(41,47-21-13-7-11-19-10-5-6-12-20(19)21)48-50(42,43)45-15-22-25(39)23(32)28(46-22)38-16-34-24-26(33)35-30(31)36-27(24)38/h2-13,16-17,22-23,25,28,39H,14-15H2,1H3,(H,37,41)(H,42,43)(H2,33,35,36)/p-1/t17-,22+,23?,25-,28+,49?/m0/s1. The number of ether oxygens (including phenoxy) is 2. The summed E-state index contributed by atoms with van der Waals surface area (Å²) in [5.74, 6) is -1.03. The number of nitrogen functional groups attached to an aromatic ring is 1. The number of hydrogen-bond acceptors (Lipinski definition) is 14. The maximum Gasteiger partial charge on any atom is 0.465 e. The Bertz CT molecular complexity index is 2110. The molecule has 0 bridgehead atoms. The summed E-state index contributed by atoms with van der Waals surface area (Å²) in [4.78, 5) is 37.8. The van der Waals surface area contributed by atoms with Gasteiger partial charge in [0.1, 0.15) is 36.1 Å². The molecule has 0 saturated carbocycles. The zero-order chi connectivity index (χ0) is 35.6. The van der Waals surface area contributed by atoms with E-state index < -0.39 is 58.8 Å². The minimum Gasteiger partial charge on any atom is -0.756 e. The van der Waals surface area contributed by atoms with E-state index >= 15 is 4.39 Å². The van der Waals surface area contributed by atoms with Gasteiger partial charge in [-0.05, 0) is 35.5 Å². The third-order valence-electron chi connectivity index (χ3n) is 7.49. The first kappa shape index (κ1) is 35.8. The van der Waals surface area contributed by atoms with Crippen LogP contribution in [0.4, 0.5) is 10.2 Å². The lowest BCUT2D eigenvalue weighted by molar-refractivity contribution is -0.220. The first-order chi connectivity index (χ1) is 23.8. The third kappa shape index (κ3) is 7.97. The molecule has 264 valence electrons. The summed E-state index contributed by atoms with van der Waals surface area (Å²) in [5, 5.41) is 13.7. The minimum absolute atomic E-state index is 0.00393. The highest BCUT2D eigenvalue weighted by Gasteiger charge is 2.47. The van der Waals surface area contributed by atoms with E-state index in [4.69, 9.17) is 40.2 Å². The number of hydrogen-bond donors (Lipinski definition) is 3. The van der Waals surface area contributed by atoms with Gasteiger partial charge in [-0.1, -0.05) is 66.7 Å². The molecule has 1 fully saturated rings. The molecule has 7 atom stereocenters. The summed E-state index contributed by atoms with van der Waals surface area (Å²) < 4.78 is 70.1. The molecule has 1 aliphatic heterocycles. The smallest absolute Gasteiger partial charge is 0.465 e. The van der Waals surface area contributed by atoms with E-state index in [9.17, 15) is 23.9 Å².